The molecule has 0 aromatic rings. The number of hydrogen-bond acceptors (Lipinski definition) is 4. The number of piperazine rings is 1. The molecule has 1 N–H and O–H groups in total. The number of carbonyl (C=O) groups excluding carboxylic acids is 1. The SMILES string of the molecule is CC(C(=O)N1CCN(CCN(C)C)CC1)=C1CNC1. The molecule has 5 nitrogen and oxygen atoms in total. The van der Waals surface area contributed by atoms with Crippen molar-refractivity contribution in [1.82, 2.24) is 20.0 Å². The Kier molecular flexibility index (Phi) is 4.96. The molecular formula is C14H26N4O. The van der Waals surface area contributed by atoms with Crippen LogP contribution in [0.2, 0.25) is 0 Å². The monoisotopic (exact) mass is 266 g/mol. The molecule has 19 heavy (non-hydrogen) atoms. The third kappa shape index (κ3) is 3.78. The quantitative estimate of drug-likeness (QED) is 0.704. The standard InChI is InChI=1S/C14H26N4O/c1-12(13-10-15-11-13)14(19)18-8-6-17(7-9-18)5-4-16(2)3/h15H,4-11H2,1-3H3. The molecule has 0 saturated carbocycles. The molecule has 0 aliphatic carbocycles. The lowest BCUT2D eigenvalue weighted by Crippen LogP contribution is -2.50. The molecule has 2 fully saturated rings. The van der Waals surface area contributed by atoms with Gasteiger partial charge in [-0.2, -0.15) is 0 Å². The average molecular weight is 266 g/mol. The van der Waals surface area contributed by atoms with Gasteiger partial charge in [-0.05, 0) is 26.6 Å². The first-order valence-corrected chi connectivity index (χ1v) is 7.13. The summed E-state index contributed by atoms with van der Waals surface area (Å²) in [5, 5.41) is 3.19. The molecule has 0 aromatic heterocycles. The van der Waals surface area contributed by atoms with Crippen LogP contribution >= 0.6 is 0 Å². The van der Waals surface area contributed by atoms with E-state index in [0.717, 1.165) is 57.9 Å². The van der Waals surface area contributed by atoms with Gasteiger partial charge in [-0.1, -0.05) is 0 Å². The lowest BCUT2D eigenvalue weighted by Gasteiger charge is -2.36. The Bertz CT molecular complexity index is 350. The van der Waals surface area contributed by atoms with Gasteiger partial charge in [0.15, 0.2) is 0 Å². The van der Waals surface area contributed by atoms with E-state index in [0.29, 0.717) is 0 Å². The third-order valence-electron chi connectivity index (χ3n) is 4.05. The van der Waals surface area contributed by atoms with Crippen LogP contribution < -0.4 is 5.32 Å². The minimum atomic E-state index is 0.240. The van der Waals surface area contributed by atoms with E-state index < -0.39 is 0 Å². The van der Waals surface area contributed by atoms with Crippen molar-refractivity contribution in [2.45, 2.75) is 6.92 Å². The highest BCUT2D eigenvalue weighted by atomic mass is 16.2. The second-order valence-corrected chi connectivity index (χ2v) is 5.77. The van der Waals surface area contributed by atoms with Crippen LogP contribution in [0.15, 0.2) is 11.1 Å². The van der Waals surface area contributed by atoms with Crippen LogP contribution in [0.3, 0.4) is 0 Å². The van der Waals surface area contributed by atoms with E-state index in [2.05, 4.69) is 29.2 Å². The zero-order valence-corrected chi connectivity index (χ0v) is 12.4. The van der Waals surface area contributed by atoms with Gasteiger partial charge in [0.2, 0.25) is 5.91 Å². The number of likely N-dealkylation sites (N-methyl/N-ethyl adjacent to an activating group) is 1. The summed E-state index contributed by atoms with van der Waals surface area (Å²) < 4.78 is 0. The van der Waals surface area contributed by atoms with Gasteiger partial charge >= 0.3 is 0 Å². The number of nitrogens with one attached hydrogen (secondary N) is 1. The molecule has 5 heteroatoms. The van der Waals surface area contributed by atoms with Crippen molar-refractivity contribution in [3.8, 4) is 0 Å². The average Bonchev–Trinajstić information content (AvgIpc) is 2.34. The minimum Gasteiger partial charge on any atom is -0.336 e. The molecule has 108 valence electrons. The first-order chi connectivity index (χ1) is 9.08. The summed E-state index contributed by atoms with van der Waals surface area (Å²) in [6.45, 7) is 9.66. The minimum absolute atomic E-state index is 0.240. The number of hydrogen-bond donors (Lipinski definition) is 1. The van der Waals surface area contributed by atoms with Crippen LogP contribution in [-0.4, -0.2) is 87.1 Å². The highest BCUT2D eigenvalue weighted by Gasteiger charge is 2.24. The van der Waals surface area contributed by atoms with Crippen molar-refractivity contribution in [3.05, 3.63) is 11.1 Å². The lowest BCUT2D eigenvalue weighted by atomic mass is 10.0. The summed E-state index contributed by atoms with van der Waals surface area (Å²) in [4.78, 5) is 19.0. The maximum absolute atomic E-state index is 12.3. The summed E-state index contributed by atoms with van der Waals surface area (Å²) in [7, 11) is 4.20. The van der Waals surface area contributed by atoms with Crippen molar-refractivity contribution in [1.29, 1.82) is 0 Å². The molecular weight excluding hydrogens is 240 g/mol. The van der Waals surface area contributed by atoms with Gasteiger partial charge in [0, 0.05) is 57.9 Å². The summed E-state index contributed by atoms with van der Waals surface area (Å²) in [5.41, 5.74) is 2.24. The summed E-state index contributed by atoms with van der Waals surface area (Å²) in [6, 6.07) is 0. The van der Waals surface area contributed by atoms with E-state index in [1.165, 1.54) is 5.57 Å². The molecule has 0 spiro atoms. The Balaban J connectivity index is 1.78. The zero-order valence-electron chi connectivity index (χ0n) is 12.4. The molecule has 0 unspecified atom stereocenters. The molecule has 0 atom stereocenters. The highest BCUT2D eigenvalue weighted by Crippen LogP contribution is 2.13. The molecule has 2 rings (SSSR count). The van der Waals surface area contributed by atoms with E-state index >= 15 is 0 Å². The number of carbonyl (C=O) groups is 1. The lowest BCUT2D eigenvalue weighted by molar-refractivity contribution is -0.128. The van der Waals surface area contributed by atoms with Crippen molar-refractivity contribution in [2.75, 3.05) is 66.5 Å². The van der Waals surface area contributed by atoms with E-state index in [4.69, 9.17) is 0 Å². The van der Waals surface area contributed by atoms with Gasteiger partial charge in [-0.25, -0.2) is 0 Å². The zero-order chi connectivity index (χ0) is 13.8. The topological polar surface area (TPSA) is 38.8 Å². The molecule has 0 aromatic carbocycles. The summed E-state index contributed by atoms with van der Waals surface area (Å²) in [6.07, 6.45) is 0. The van der Waals surface area contributed by atoms with Crippen molar-refractivity contribution < 1.29 is 4.79 Å². The first kappa shape index (κ1) is 14.5. The Morgan fingerprint density at radius 3 is 2.32 bits per heavy atom. The maximum atomic E-state index is 12.3. The largest absolute Gasteiger partial charge is 0.336 e. The van der Waals surface area contributed by atoms with Gasteiger partial charge in [0.05, 0.1) is 0 Å². The maximum Gasteiger partial charge on any atom is 0.249 e. The molecule has 2 heterocycles. The van der Waals surface area contributed by atoms with Crippen LogP contribution in [0.5, 0.6) is 0 Å². The van der Waals surface area contributed by atoms with E-state index in [9.17, 15) is 4.79 Å². The van der Waals surface area contributed by atoms with Gasteiger partial charge in [0.25, 0.3) is 0 Å². The van der Waals surface area contributed by atoms with Gasteiger partial charge < -0.3 is 15.1 Å². The van der Waals surface area contributed by atoms with E-state index in [-0.39, 0.29) is 5.91 Å². The van der Waals surface area contributed by atoms with Crippen molar-refractivity contribution >= 4 is 5.91 Å². The molecule has 0 radical (unpaired) electrons. The highest BCUT2D eigenvalue weighted by molar-refractivity contribution is 5.94. The number of rotatable bonds is 4. The molecule has 0 bridgehead atoms. The smallest absolute Gasteiger partial charge is 0.249 e. The molecule has 2 saturated heterocycles. The van der Waals surface area contributed by atoms with Crippen LogP contribution in [-0.2, 0) is 4.79 Å². The Labute approximate surface area is 116 Å². The van der Waals surface area contributed by atoms with Crippen LogP contribution in [0, 0.1) is 0 Å². The first-order valence-electron chi connectivity index (χ1n) is 7.13. The normalized spacial score (nSPS) is 20.6. The Morgan fingerprint density at radius 1 is 1.21 bits per heavy atom. The summed E-state index contributed by atoms with van der Waals surface area (Å²) in [5.74, 6) is 0.240. The Hall–Kier alpha value is -0.910. The molecule has 1 amide bonds. The van der Waals surface area contributed by atoms with E-state index in [1.807, 2.05) is 11.8 Å². The summed E-state index contributed by atoms with van der Waals surface area (Å²) >= 11 is 0. The predicted molar refractivity (Wildman–Crippen MR) is 77.1 cm³/mol. The van der Waals surface area contributed by atoms with Crippen LogP contribution in [0.4, 0.5) is 0 Å². The van der Waals surface area contributed by atoms with Crippen molar-refractivity contribution in [2.24, 2.45) is 0 Å². The van der Waals surface area contributed by atoms with E-state index in [1.54, 1.807) is 0 Å². The van der Waals surface area contributed by atoms with Crippen LogP contribution in [0.1, 0.15) is 6.92 Å². The predicted octanol–water partition coefficient (Wildman–Crippen LogP) is -0.388. The fraction of sp³-hybridized carbons (Fsp3) is 0.786. The second kappa shape index (κ2) is 6.50. The fourth-order valence-electron chi connectivity index (χ4n) is 2.42. The van der Waals surface area contributed by atoms with Gasteiger partial charge in [-0.3, -0.25) is 9.69 Å². The third-order valence-corrected chi connectivity index (χ3v) is 4.05. The number of nitrogens with zero attached hydrogens (tertiary/aromatic N) is 3. The van der Waals surface area contributed by atoms with Gasteiger partial charge in [0.1, 0.15) is 0 Å². The van der Waals surface area contributed by atoms with Crippen molar-refractivity contribution in [3.63, 3.8) is 0 Å². The number of amides is 1. The molecule has 2 aliphatic heterocycles. The van der Waals surface area contributed by atoms with Crippen LogP contribution in [0.25, 0.3) is 0 Å². The Morgan fingerprint density at radius 2 is 1.84 bits per heavy atom. The second-order valence-electron chi connectivity index (χ2n) is 5.77. The van der Waals surface area contributed by atoms with Gasteiger partial charge in [-0.15, -0.1) is 0 Å². The molecule has 2 aliphatic rings. The fourth-order valence-corrected chi connectivity index (χ4v) is 2.42.